The summed E-state index contributed by atoms with van der Waals surface area (Å²) in [5.74, 6) is -1.91. The zero-order valence-electron chi connectivity index (χ0n) is 21.2. The maximum absolute atomic E-state index is 13.6. The predicted molar refractivity (Wildman–Crippen MR) is 135 cm³/mol. The van der Waals surface area contributed by atoms with E-state index in [9.17, 15) is 24.0 Å². The van der Waals surface area contributed by atoms with Crippen molar-refractivity contribution in [2.45, 2.75) is 50.7 Å². The van der Waals surface area contributed by atoms with Gasteiger partial charge in [0.15, 0.2) is 0 Å². The molecule has 3 aliphatic heterocycles. The number of ether oxygens (including phenoxy) is 2. The van der Waals surface area contributed by atoms with Crippen LogP contribution in [0.4, 0.5) is 4.79 Å². The van der Waals surface area contributed by atoms with Gasteiger partial charge in [-0.3, -0.25) is 24.6 Å². The second kappa shape index (κ2) is 11.5. The summed E-state index contributed by atoms with van der Waals surface area (Å²) in [4.78, 5) is 64.7. The largest absolute Gasteiger partial charge is 0.433 e. The van der Waals surface area contributed by atoms with Crippen LogP contribution in [0.25, 0.3) is 0 Å². The van der Waals surface area contributed by atoms with Gasteiger partial charge in [0.2, 0.25) is 18.1 Å². The minimum absolute atomic E-state index is 0.0218. The SMILES string of the molecule is O=C1C[C@H](NC(=O)[C@@H]2CCCN3C(=O)CCN(NC(=O)c4ccccc4)C(=O)N23)[C@H](OCc2ccccc2)O1. The maximum Gasteiger partial charge on any atom is 0.358 e. The number of urea groups is 1. The van der Waals surface area contributed by atoms with Gasteiger partial charge in [-0.25, -0.2) is 19.8 Å². The van der Waals surface area contributed by atoms with Crippen LogP contribution in [0.1, 0.15) is 41.6 Å². The molecule has 3 saturated heterocycles. The summed E-state index contributed by atoms with van der Waals surface area (Å²) >= 11 is 0. The van der Waals surface area contributed by atoms with Crippen LogP contribution in [-0.2, 0) is 30.5 Å². The third-order valence-electron chi connectivity index (χ3n) is 6.79. The van der Waals surface area contributed by atoms with Crippen molar-refractivity contribution < 1.29 is 33.4 Å². The molecule has 12 heteroatoms. The molecule has 0 saturated carbocycles. The molecule has 2 N–H and O–H groups in total. The number of hydrazine groups is 2. The van der Waals surface area contributed by atoms with Crippen LogP contribution in [0.15, 0.2) is 60.7 Å². The highest BCUT2D eigenvalue weighted by atomic mass is 16.7. The Hall–Kier alpha value is -4.45. The molecule has 204 valence electrons. The number of carbonyl (C=O) groups excluding carboxylic acids is 5. The number of fused-ring (bicyclic) bond motifs is 1. The van der Waals surface area contributed by atoms with E-state index in [4.69, 9.17) is 9.47 Å². The highest BCUT2D eigenvalue weighted by molar-refractivity contribution is 5.96. The van der Waals surface area contributed by atoms with Gasteiger partial charge in [0.1, 0.15) is 12.1 Å². The first-order valence-electron chi connectivity index (χ1n) is 12.8. The minimum atomic E-state index is -1.03. The minimum Gasteiger partial charge on any atom is -0.433 e. The lowest BCUT2D eigenvalue weighted by atomic mass is 10.1. The Balaban J connectivity index is 1.29. The lowest BCUT2D eigenvalue weighted by molar-refractivity contribution is -0.169. The number of esters is 1. The first kappa shape index (κ1) is 26.2. The number of cyclic esters (lactones) is 1. The molecular formula is C27H29N5O7. The molecule has 3 heterocycles. The molecule has 12 nitrogen and oxygen atoms in total. The van der Waals surface area contributed by atoms with Crippen molar-refractivity contribution in [3.05, 3.63) is 71.8 Å². The van der Waals surface area contributed by atoms with Gasteiger partial charge in [0.05, 0.1) is 19.6 Å². The van der Waals surface area contributed by atoms with Crippen molar-refractivity contribution in [1.82, 2.24) is 25.8 Å². The molecule has 5 rings (SSSR count). The van der Waals surface area contributed by atoms with E-state index in [0.29, 0.717) is 18.4 Å². The molecule has 3 aliphatic rings. The van der Waals surface area contributed by atoms with Crippen LogP contribution >= 0.6 is 0 Å². The standard InChI is InChI=1S/C27H29N5O7/c33-22-13-15-30(29-24(35)19-10-5-2-6-11-19)27(37)32-21(12-7-14-31(22)32)25(36)28-20-16-23(34)39-26(20)38-17-18-8-3-1-4-9-18/h1-6,8-11,20-21,26H,7,12-17H2,(H,28,36)(H,29,35)/t20-,21-,26+/m0/s1. The quantitative estimate of drug-likeness (QED) is 0.511. The summed E-state index contributed by atoms with van der Waals surface area (Å²) in [6.07, 6.45) is -0.319. The molecule has 0 bridgehead atoms. The van der Waals surface area contributed by atoms with Gasteiger partial charge in [-0.2, -0.15) is 0 Å². The van der Waals surface area contributed by atoms with E-state index in [1.165, 1.54) is 5.01 Å². The van der Waals surface area contributed by atoms with E-state index in [-0.39, 0.29) is 38.4 Å². The van der Waals surface area contributed by atoms with Crippen LogP contribution in [0, 0.1) is 0 Å². The summed E-state index contributed by atoms with van der Waals surface area (Å²) in [5.41, 5.74) is 3.78. The number of carbonyl (C=O) groups is 5. The fraction of sp³-hybridized carbons (Fsp3) is 0.370. The van der Waals surface area contributed by atoms with E-state index < -0.39 is 42.2 Å². The molecule has 0 spiro atoms. The predicted octanol–water partition coefficient (Wildman–Crippen LogP) is 1.34. The van der Waals surface area contributed by atoms with Crippen molar-refractivity contribution in [1.29, 1.82) is 0 Å². The Morgan fingerprint density at radius 2 is 1.69 bits per heavy atom. The highest BCUT2D eigenvalue weighted by Crippen LogP contribution is 2.25. The summed E-state index contributed by atoms with van der Waals surface area (Å²) in [5, 5.41) is 6.23. The summed E-state index contributed by atoms with van der Waals surface area (Å²) in [6, 6.07) is 15.2. The monoisotopic (exact) mass is 535 g/mol. The number of nitrogens with one attached hydrogen (secondary N) is 2. The lowest BCUT2D eigenvalue weighted by Gasteiger charge is -2.43. The fourth-order valence-corrected chi connectivity index (χ4v) is 4.83. The molecule has 0 radical (unpaired) electrons. The fourth-order valence-electron chi connectivity index (χ4n) is 4.83. The van der Waals surface area contributed by atoms with Crippen molar-refractivity contribution >= 4 is 29.7 Å². The Bertz CT molecular complexity index is 1240. The van der Waals surface area contributed by atoms with E-state index >= 15 is 0 Å². The van der Waals surface area contributed by atoms with Gasteiger partial charge in [-0.1, -0.05) is 48.5 Å². The Labute approximate surface area is 224 Å². The van der Waals surface area contributed by atoms with Gasteiger partial charge in [-0.15, -0.1) is 0 Å². The Morgan fingerprint density at radius 3 is 2.44 bits per heavy atom. The normalized spacial score (nSPS) is 23.1. The van der Waals surface area contributed by atoms with Crippen molar-refractivity contribution in [3.8, 4) is 0 Å². The zero-order valence-corrected chi connectivity index (χ0v) is 21.2. The number of hydrogen-bond acceptors (Lipinski definition) is 7. The Morgan fingerprint density at radius 1 is 0.974 bits per heavy atom. The zero-order chi connectivity index (χ0) is 27.4. The van der Waals surface area contributed by atoms with Crippen LogP contribution in [-0.4, -0.2) is 76.2 Å². The van der Waals surface area contributed by atoms with Crippen LogP contribution in [0.5, 0.6) is 0 Å². The third-order valence-corrected chi connectivity index (χ3v) is 6.79. The number of amides is 5. The van der Waals surface area contributed by atoms with Crippen LogP contribution in [0.2, 0.25) is 0 Å². The molecule has 39 heavy (non-hydrogen) atoms. The molecule has 0 unspecified atom stereocenters. The number of rotatable bonds is 7. The molecule has 0 aromatic heterocycles. The number of hydrogen-bond donors (Lipinski definition) is 2. The lowest BCUT2D eigenvalue weighted by Crippen LogP contribution is -2.65. The van der Waals surface area contributed by atoms with Crippen molar-refractivity contribution in [3.63, 3.8) is 0 Å². The van der Waals surface area contributed by atoms with Gasteiger partial charge >= 0.3 is 12.0 Å². The summed E-state index contributed by atoms with van der Waals surface area (Å²) in [6.45, 7) is 0.401. The topological polar surface area (TPSA) is 138 Å². The second-order valence-corrected chi connectivity index (χ2v) is 9.48. The Kier molecular flexibility index (Phi) is 7.73. The molecule has 2 aromatic rings. The molecule has 2 aromatic carbocycles. The molecule has 0 aliphatic carbocycles. The first-order valence-corrected chi connectivity index (χ1v) is 12.8. The van der Waals surface area contributed by atoms with E-state index in [0.717, 1.165) is 15.6 Å². The number of nitrogens with zero attached hydrogens (tertiary/aromatic N) is 3. The van der Waals surface area contributed by atoms with Crippen molar-refractivity contribution in [2.24, 2.45) is 0 Å². The van der Waals surface area contributed by atoms with E-state index in [1.807, 2.05) is 30.3 Å². The van der Waals surface area contributed by atoms with Crippen LogP contribution < -0.4 is 10.7 Å². The number of benzene rings is 2. The summed E-state index contributed by atoms with van der Waals surface area (Å²) < 4.78 is 11.0. The maximum atomic E-state index is 13.6. The van der Waals surface area contributed by atoms with E-state index in [1.54, 1.807) is 30.3 Å². The molecule has 3 fully saturated rings. The van der Waals surface area contributed by atoms with Crippen molar-refractivity contribution in [2.75, 3.05) is 13.1 Å². The average molecular weight is 536 g/mol. The smallest absolute Gasteiger partial charge is 0.358 e. The second-order valence-electron chi connectivity index (χ2n) is 9.48. The highest BCUT2D eigenvalue weighted by Gasteiger charge is 2.46. The average Bonchev–Trinajstić information content (AvgIpc) is 3.26. The molecule has 5 amide bonds. The van der Waals surface area contributed by atoms with Gasteiger partial charge in [0.25, 0.3) is 5.91 Å². The third kappa shape index (κ3) is 5.85. The molecular weight excluding hydrogens is 506 g/mol. The van der Waals surface area contributed by atoms with E-state index in [2.05, 4.69) is 10.7 Å². The molecule has 3 atom stereocenters. The first-order chi connectivity index (χ1) is 18.9. The van der Waals surface area contributed by atoms with Gasteiger partial charge in [-0.05, 0) is 30.5 Å². The summed E-state index contributed by atoms with van der Waals surface area (Å²) in [7, 11) is 0. The van der Waals surface area contributed by atoms with Crippen LogP contribution in [0.3, 0.4) is 0 Å². The van der Waals surface area contributed by atoms with Gasteiger partial charge < -0.3 is 14.8 Å². The van der Waals surface area contributed by atoms with Gasteiger partial charge in [0, 0.05) is 18.5 Å².